The Labute approximate surface area is 184 Å². The summed E-state index contributed by atoms with van der Waals surface area (Å²) < 4.78 is 18.5. The molecule has 0 aliphatic carbocycles. The number of hydrogen-bond donors (Lipinski definition) is 2. The first-order valence-electron chi connectivity index (χ1n) is 9.72. The number of allylic oxidation sites excluding steroid dienone is 1. The second kappa shape index (κ2) is 8.31. The van der Waals surface area contributed by atoms with Crippen LogP contribution in [-0.4, -0.2) is 16.2 Å². The molecule has 0 radical (unpaired) electrons. The number of benzene rings is 2. The van der Waals surface area contributed by atoms with Crippen molar-refractivity contribution in [2.24, 2.45) is 0 Å². The van der Waals surface area contributed by atoms with Crippen LogP contribution in [0.3, 0.4) is 0 Å². The normalized spacial score (nSPS) is 16.3. The molecule has 1 atom stereocenters. The third-order valence-electron chi connectivity index (χ3n) is 5.18. The minimum atomic E-state index is -0.460. The van der Waals surface area contributed by atoms with Gasteiger partial charge in [0.05, 0.1) is 11.6 Å². The molecule has 1 aliphatic heterocycles. The molecule has 0 spiro atoms. The van der Waals surface area contributed by atoms with Crippen LogP contribution >= 0.6 is 12.2 Å². The lowest BCUT2D eigenvalue weighted by atomic mass is 9.91. The molecule has 2 aromatic carbocycles. The number of anilines is 2. The van der Waals surface area contributed by atoms with E-state index in [2.05, 4.69) is 15.8 Å². The average Bonchev–Trinajstić information content (AvgIpc) is 3.13. The molecular formula is C23H21FN4O2S. The van der Waals surface area contributed by atoms with Gasteiger partial charge in [0.1, 0.15) is 11.6 Å². The van der Waals surface area contributed by atoms with Crippen LogP contribution < -0.4 is 15.5 Å². The molecular weight excluding hydrogens is 415 g/mol. The Morgan fingerprint density at radius 2 is 1.87 bits per heavy atom. The zero-order chi connectivity index (χ0) is 22.1. The number of hydrogen-bond acceptors (Lipinski definition) is 4. The summed E-state index contributed by atoms with van der Waals surface area (Å²) in [5, 5.41) is 10.4. The first-order chi connectivity index (χ1) is 14.8. The van der Waals surface area contributed by atoms with Crippen LogP contribution in [-0.2, 0) is 4.79 Å². The second-order valence-corrected chi connectivity index (χ2v) is 7.71. The molecule has 8 heteroatoms. The van der Waals surface area contributed by atoms with Crippen molar-refractivity contribution in [3.63, 3.8) is 0 Å². The standard InChI is InChI=1S/C23H21FN4O2S/c1-13-6-4-5-7-18(13)21-20(22(29)25-19-12-14(2)30-27-19)15(3)28(23(31)26-21)17-10-8-16(24)9-11-17/h4-12,21H,1-3H3,(H,26,31)(H,25,27,29)/t21-/m1/s1. The van der Waals surface area contributed by atoms with Crippen molar-refractivity contribution in [3.8, 4) is 0 Å². The Bertz CT molecular complexity index is 1190. The van der Waals surface area contributed by atoms with E-state index >= 15 is 0 Å². The van der Waals surface area contributed by atoms with E-state index < -0.39 is 6.04 Å². The van der Waals surface area contributed by atoms with Gasteiger partial charge in [-0.05, 0) is 68.4 Å². The summed E-state index contributed by atoms with van der Waals surface area (Å²) >= 11 is 5.64. The molecule has 0 fully saturated rings. The zero-order valence-electron chi connectivity index (χ0n) is 17.3. The van der Waals surface area contributed by atoms with Crippen LogP contribution in [0.5, 0.6) is 0 Å². The number of aryl methyl sites for hydroxylation is 2. The predicted octanol–water partition coefficient (Wildman–Crippen LogP) is 4.78. The smallest absolute Gasteiger partial charge is 0.257 e. The highest BCUT2D eigenvalue weighted by Gasteiger charge is 2.35. The number of rotatable bonds is 4. The van der Waals surface area contributed by atoms with Crippen LogP contribution in [0, 0.1) is 19.7 Å². The van der Waals surface area contributed by atoms with E-state index in [1.54, 1.807) is 30.0 Å². The highest BCUT2D eigenvalue weighted by molar-refractivity contribution is 7.80. The summed E-state index contributed by atoms with van der Waals surface area (Å²) in [4.78, 5) is 15.1. The number of amides is 1. The Morgan fingerprint density at radius 3 is 2.52 bits per heavy atom. The summed E-state index contributed by atoms with van der Waals surface area (Å²) in [6, 6.07) is 15.0. The maximum Gasteiger partial charge on any atom is 0.257 e. The SMILES string of the molecule is CC1=C(C(=O)Nc2cc(C)on2)[C@@H](c2ccccc2C)NC(=S)N1c1ccc(F)cc1. The molecule has 1 aliphatic rings. The van der Waals surface area contributed by atoms with Gasteiger partial charge in [0, 0.05) is 17.5 Å². The van der Waals surface area contributed by atoms with Crippen molar-refractivity contribution < 1.29 is 13.7 Å². The Kier molecular flexibility index (Phi) is 5.56. The molecule has 0 unspecified atom stereocenters. The lowest BCUT2D eigenvalue weighted by Gasteiger charge is -2.38. The Morgan fingerprint density at radius 1 is 1.16 bits per heavy atom. The summed E-state index contributed by atoms with van der Waals surface area (Å²) in [5.41, 5.74) is 3.73. The number of carbonyl (C=O) groups is 1. The minimum absolute atomic E-state index is 0.327. The lowest BCUT2D eigenvalue weighted by Crippen LogP contribution is -2.48. The van der Waals surface area contributed by atoms with Crippen LogP contribution in [0.4, 0.5) is 15.9 Å². The van der Waals surface area contributed by atoms with Gasteiger partial charge in [-0.1, -0.05) is 29.4 Å². The maximum atomic E-state index is 13.5. The van der Waals surface area contributed by atoms with Crippen LogP contribution in [0.15, 0.2) is 70.4 Å². The average molecular weight is 437 g/mol. The Hall–Kier alpha value is -3.52. The monoisotopic (exact) mass is 436 g/mol. The van der Waals surface area contributed by atoms with Gasteiger partial charge in [-0.2, -0.15) is 0 Å². The predicted molar refractivity (Wildman–Crippen MR) is 121 cm³/mol. The Balaban J connectivity index is 1.82. The maximum absolute atomic E-state index is 13.5. The molecule has 1 amide bonds. The van der Waals surface area contributed by atoms with Crippen molar-refractivity contribution >= 4 is 34.7 Å². The number of nitrogens with one attached hydrogen (secondary N) is 2. The third-order valence-corrected chi connectivity index (χ3v) is 5.48. The van der Waals surface area contributed by atoms with Crippen LogP contribution in [0.25, 0.3) is 0 Å². The molecule has 0 saturated heterocycles. The number of nitrogens with zero attached hydrogens (tertiary/aromatic N) is 2. The van der Waals surface area contributed by atoms with Gasteiger partial charge in [0.15, 0.2) is 10.9 Å². The fourth-order valence-electron chi connectivity index (χ4n) is 3.69. The van der Waals surface area contributed by atoms with Gasteiger partial charge in [-0.25, -0.2) is 4.39 Å². The second-order valence-electron chi connectivity index (χ2n) is 7.33. The molecule has 158 valence electrons. The molecule has 1 aromatic heterocycles. The quantitative estimate of drug-likeness (QED) is 0.574. The van der Waals surface area contributed by atoms with Crippen LogP contribution in [0.2, 0.25) is 0 Å². The molecule has 4 rings (SSSR count). The van der Waals surface area contributed by atoms with Gasteiger partial charge in [-0.15, -0.1) is 0 Å². The van der Waals surface area contributed by atoms with Crippen molar-refractivity contribution in [2.75, 3.05) is 10.2 Å². The first-order valence-corrected chi connectivity index (χ1v) is 10.1. The van der Waals surface area contributed by atoms with Crippen molar-refractivity contribution in [1.82, 2.24) is 10.5 Å². The highest BCUT2D eigenvalue weighted by atomic mass is 32.1. The molecule has 2 heterocycles. The molecule has 0 saturated carbocycles. The number of halogens is 1. The van der Waals surface area contributed by atoms with Gasteiger partial charge in [0.2, 0.25) is 0 Å². The fraction of sp³-hybridized carbons (Fsp3) is 0.174. The van der Waals surface area contributed by atoms with Gasteiger partial charge in [-0.3, -0.25) is 9.69 Å². The van der Waals surface area contributed by atoms with Crippen molar-refractivity contribution in [3.05, 3.63) is 88.6 Å². The molecule has 3 aromatic rings. The summed E-state index contributed by atoms with van der Waals surface area (Å²) in [6.45, 7) is 5.56. The van der Waals surface area contributed by atoms with E-state index in [0.29, 0.717) is 33.6 Å². The summed E-state index contributed by atoms with van der Waals surface area (Å²) in [5.74, 6) is 0.236. The summed E-state index contributed by atoms with van der Waals surface area (Å²) in [6.07, 6.45) is 0. The van der Waals surface area contributed by atoms with E-state index in [1.165, 1.54) is 12.1 Å². The summed E-state index contributed by atoms with van der Waals surface area (Å²) in [7, 11) is 0. The van der Waals surface area contributed by atoms with E-state index in [1.807, 2.05) is 38.1 Å². The number of aromatic nitrogens is 1. The lowest BCUT2D eigenvalue weighted by molar-refractivity contribution is -0.113. The highest BCUT2D eigenvalue weighted by Crippen LogP contribution is 2.35. The number of thiocarbonyl (C=S) groups is 1. The molecule has 2 N–H and O–H groups in total. The molecule has 31 heavy (non-hydrogen) atoms. The van der Waals surface area contributed by atoms with Crippen LogP contribution in [0.1, 0.15) is 29.9 Å². The zero-order valence-corrected chi connectivity index (χ0v) is 18.1. The van der Waals surface area contributed by atoms with Gasteiger partial charge < -0.3 is 15.2 Å². The first kappa shape index (κ1) is 20.7. The third kappa shape index (κ3) is 4.06. The van der Waals surface area contributed by atoms with Gasteiger partial charge in [0.25, 0.3) is 5.91 Å². The van der Waals surface area contributed by atoms with Gasteiger partial charge >= 0.3 is 0 Å². The van der Waals surface area contributed by atoms with Crippen molar-refractivity contribution in [1.29, 1.82) is 0 Å². The minimum Gasteiger partial charge on any atom is -0.360 e. The van der Waals surface area contributed by atoms with E-state index in [9.17, 15) is 9.18 Å². The molecule has 0 bridgehead atoms. The molecule has 6 nitrogen and oxygen atoms in total. The fourth-order valence-corrected chi connectivity index (χ4v) is 4.05. The number of carbonyl (C=O) groups excluding carboxylic acids is 1. The largest absolute Gasteiger partial charge is 0.360 e. The van der Waals surface area contributed by atoms with E-state index in [0.717, 1.165) is 11.1 Å². The van der Waals surface area contributed by atoms with E-state index in [-0.39, 0.29) is 11.7 Å². The van der Waals surface area contributed by atoms with E-state index in [4.69, 9.17) is 16.7 Å². The van der Waals surface area contributed by atoms with Crippen molar-refractivity contribution in [2.45, 2.75) is 26.8 Å². The topological polar surface area (TPSA) is 70.4 Å².